The second-order valence-electron chi connectivity index (χ2n) is 2.22. The van der Waals surface area contributed by atoms with Gasteiger partial charge in [0.25, 0.3) is 0 Å². The molecular weight excluding hydrogens is 236 g/mol. The van der Waals surface area contributed by atoms with Crippen LogP contribution in [0.2, 0.25) is 0 Å². The third-order valence-corrected chi connectivity index (χ3v) is 1.93. The Bertz CT molecular complexity index is 401. The van der Waals surface area contributed by atoms with Crippen molar-refractivity contribution >= 4 is 21.9 Å². The molecule has 0 amide bonds. The van der Waals surface area contributed by atoms with Crippen LogP contribution in [0, 0.1) is 11.8 Å². The summed E-state index contributed by atoms with van der Waals surface area (Å²) in [6.45, 7) is 0. The summed E-state index contributed by atoms with van der Waals surface area (Å²) in [5.41, 5.74) is 0.461. The molecule has 0 saturated heterocycles. The first-order chi connectivity index (χ1) is 6.09. The lowest BCUT2D eigenvalue weighted by atomic mass is 10.2. The molecule has 0 aliphatic heterocycles. The van der Waals surface area contributed by atoms with E-state index in [2.05, 4.69) is 21.9 Å². The van der Waals surface area contributed by atoms with Crippen LogP contribution >= 0.6 is 15.9 Å². The first-order valence-electron chi connectivity index (χ1n) is 3.33. The lowest BCUT2D eigenvalue weighted by Crippen LogP contribution is -1.87. The van der Waals surface area contributed by atoms with Crippen LogP contribution in [0.1, 0.15) is 5.56 Å². The van der Waals surface area contributed by atoms with Gasteiger partial charge < -0.3 is 10.2 Å². The lowest BCUT2D eigenvalue weighted by molar-refractivity contribution is -0.130. The van der Waals surface area contributed by atoms with Gasteiger partial charge in [-0.3, -0.25) is 0 Å². The fourth-order valence-electron chi connectivity index (χ4n) is 0.716. The minimum atomic E-state index is -1.19. The van der Waals surface area contributed by atoms with Crippen LogP contribution in [-0.4, -0.2) is 16.2 Å². The van der Waals surface area contributed by atoms with Gasteiger partial charge in [0, 0.05) is 11.5 Å². The highest BCUT2D eigenvalue weighted by molar-refractivity contribution is 9.10. The molecule has 0 spiro atoms. The van der Waals surface area contributed by atoms with Crippen molar-refractivity contribution in [2.24, 2.45) is 0 Å². The van der Waals surface area contributed by atoms with Crippen LogP contribution < -0.4 is 0 Å². The van der Waals surface area contributed by atoms with Crippen molar-refractivity contribution in [2.45, 2.75) is 0 Å². The summed E-state index contributed by atoms with van der Waals surface area (Å²) < 4.78 is 0.549. The highest BCUT2D eigenvalue weighted by atomic mass is 79.9. The number of carboxylic acids is 1. The fourth-order valence-corrected chi connectivity index (χ4v) is 0.963. The van der Waals surface area contributed by atoms with E-state index in [9.17, 15) is 9.90 Å². The van der Waals surface area contributed by atoms with Gasteiger partial charge >= 0.3 is 5.97 Å². The van der Waals surface area contributed by atoms with Crippen molar-refractivity contribution in [2.75, 3.05) is 0 Å². The van der Waals surface area contributed by atoms with Crippen molar-refractivity contribution in [1.29, 1.82) is 0 Å². The second kappa shape index (κ2) is 3.97. The van der Waals surface area contributed by atoms with Crippen LogP contribution in [-0.2, 0) is 4.79 Å². The topological polar surface area (TPSA) is 57.5 Å². The minimum absolute atomic E-state index is 0.0391. The zero-order valence-electron chi connectivity index (χ0n) is 6.41. The van der Waals surface area contributed by atoms with E-state index in [1.807, 2.05) is 5.92 Å². The van der Waals surface area contributed by atoms with Crippen molar-refractivity contribution < 1.29 is 15.0 Å². The Kier molecular flexibility index (Phi) is 2.93. The van der Waals surface area contributed by atoms with E-state index in [0.29, 0.717) is 10.0 Å². The zero-order valence-corrected chi connectivity index (χ0v) is 8.00. The van der Waals surface area contributed by atoms with E-state index in [0.717, 1.165) is 0 Å². The zero-order chi connectivity index (χ0) is 9.84. The van der Waals surface area contributed by atoms with Gasteiger partial charge in [0.15, 0.2) is 0 Å². The molecule has 0 aromatic heterocycles. The minimum Gasteiger partial charge on any atom is -0.507 e. The molecule has 1 aromatic carbocycles. The Morgan fingerprint density at radius 3 is 2.69 bits per heavy atom. The van der Waals surface area contributed by atoms with Gasteiger partial charge in [-0.15, -0.1) is 0 Å². The molecule has 66 valence electrons. The Balaban J connectivity index is 3.00. The number of aromatic hydroxyl groups is 1. The molecule has 0 unspecified atom stereocenters. The summed E-state index contributed by atoms with van der Waals surface area (Å²) in [6, 6.07) is 4.60. The summed E-state index contributed by atoms with van der Waals surface area (Å²) in [7, 11) is 0. The first kappa shape index (κ1) is 9.62. The highest BCUT2D eigenvalue weighted by Gasteiger charge is 1.96. The fraction of sp³-hybridized carbons (Fsp3) is 0. The maximum Gasteiger partial charge on any atom is 0.382 e. The molecule has 2 N–H and O–H groups in total. The quantitative estimate of drug-likeness (QED) is 0.678. The number of rotatable bonds is 0. The van der Waals surface area contributed by atoms with Crippen molar-refractivity contribution in [3.05, 3.63) is 28.2 Å². The molecule has 0 saturated carbocycles. The van der Waals surface area contributed by atoms with Gasteiger partial charge in [0.1, 0.15) is 5.75 Å². The predicted molar refractivity (Wildman–Crippen MR) is 50.3 cm³/mol. The third kappa shape index (κ3) is 2.80. The van der Waals surface area contributed by atoms with Crippen molar-refractivity contribution in [1.82, 2.24) is 0 Å². The second-order valence-corrected chi connectivity index (χ2v) is 3.08. The maximum atomic E-state index is 10.1. The molecule has 0 aliphatic rings. The van der Waals surface area contributed by atoms with E-state index >= 15 is 0 Å². The molecule has 0 radical (unpaired) electrons. The Morgan fingerprint density at radius 2 is 2.15 bits per heavy atom. The first-order valence-corrected chi connectivity index (χ1v) is 4.12. The number of phenolic OH excluding ortho intramolecular Hbond substituents is 1. The smallest absolute Gasteiger partial charge is 0.382 e. The molecule has 0 bridgehead atoms. The number of hydrogen-bond acceptors (Lipinski definition) is 2. The molecule has 4 heteroatoms. The van der Waals surface area contributed by atoms with Crippen LogP contribution in [0.4, 0.5) is 0 Å². The molecule has 3 nitrogen and oxygen atoms in total. The van der Waals surface area contributed by atoms with Crippen molar-refractivity contribution in [3.8, 4) is 17.6 Å². The lowest BCUT2D eigenvalue weighted by Gasteiger charge is -1.95. The Hall–Kier alpha value is -1.47. The summed E-state index contributed by atoms with van der Waals surface area (Å²) >= 11 is 3.09. The normalized spacial score (nSPS) is 8.69. The van der Waals surface area contributed by atoms with Gasteiger partial charge in [-0.2, -0.15) is 0 Å². The average molecular weight is 241 g/mol. The molecular formula is C9H5BrO3. The van der Waals surface area contributed by atoms with E-state index in [-0.39, 0.29) is 5.75 Å². The van der Waals surface area contributed by atoms with Crippen LogP contribution in [0.5, 0.6) is 5.75 Å². The maximum absolute atomic E-state index is 10.1. The monoisotopic (exact) mass is 240 g/mol. The molecule has 13 heavy (non-hydrogen) atoms. The molecule has 0 fully saturated rings. The average Bonchev–Trinajstić information content (AvgIpc) is 2.07. The summed E-state index contributed by atoms with van der Waals surface area (Å²) in [5, 5.41) is 17.5. The molecule has 0 atom stereocenters. The van der Waals surface area contributed by atoms with Crippen LogP contribution in [0.25, 0.3) is 0 Å². The SMILES string of the molecule is O=C(O)C#Cc1ccc(Br)c(O)c1. The van der Waals surface area contributed by atoms with Gasteiger partial charge in [-0.1, -0.05) is 5.92 Å². The highest BCUT2D eigenvalue weighted by Crippen LogP contribution is 2.23. The van der Waals surface area contributed by atoms with Gasteiger partial charge in [-0.25, -0.2) is 4.79 Å². The molecule has 0 aliphatic carbocycles. The summed E-state index contributed by atoms with van der Waals surface area (Å²) in [6.07, 6.45) is 0. The van der Waals surface area contributed by atoms with Crippen molar-refractivity contribution in [3.63, 3.8) is 0 Å². The number of carbonyl (C=O) groups is 1. The third-order valence-electron chi connectivity index (χ3n) is 1.26. The number of benzene rings is 1. The van der Waals surface area contributed by atoms with E-state index < -0.39 is 5.97 Å². The summed E-state index contributed by atoms with van der Waals surface area (Å²) in [4.78, 5) is 10.1. The number of halogens is 1. The number of carboxylic acid groups (broad SMARTS) is 1. The van der Waals surface area contributed by atoms with E-state index in [1.165, 1.54) is 6.07 Å². The Morgan fingerprint density at radius 1 is 1.46 bits per heavy atom. The number of hydrogen-bond donors (Lipinski definition) is 2. The largest absolute Gasteiger partial charge is 0.507 e. The number of phenols is 1. The molecule has 1 aromatic rings. The molecule has 1 rings (SSSR count). The molecule has 0 heterocycles. The van der Waals surface area contributed by atoms with Gasteiger partial charge in [-0.05, 0) is 34.1 Å². The predicted octanol–water partition coefficient (Wildman–Crippen LogP) is 1.59. The van der Waals surface area contributed by atoms with Crippen LogP contribution in [0.15, 0.2) is 22.7 Å². The van der Waals surface area contributed by atoms with Gasteiger partial charge in [0.2, 0.25) is 0 Å². The van der Waals surface area contributed by atoms with Gasteiger partial charge in [0.05, 0.1) is 4.47 Å². The Labute approximate surface area is 83.1 Å². The summed E-state index contributed by atoms with van der Waals surface area (Å²) in [5.74, 6) is 3.18. The van der Waals surface area contributed by atoms with Crippen LogP contribution in [0.3, 0.4) is 0 Å². The standard InChI is InChI=1S/C9H5BrO3/c10-7-3-1-6(5-8(7)11)2-4-9(12)13/h1,3,5,11H,(H,12,13). The van der Waals surface area contributed by atoms with E-state index in [1.54, 1.807) is 12.1 Å². The van der Waals surface area contributed by atoms with E-state index in [4.69, 9.17) is 5.11 Å². The number of aliphatic carboxylic acids is 1.